The summed E-state index contributed by atoms with van der Waals surface area (Å²) in [6.07, 6.45) is 7.48. The lowest BCUT2D eigenvalue weighted by Gasteiger charge is -2.06. The van der Waals surface area contributed by atoms with Crippen molar-refractivity contribution in [2.45, 2.75) is 32.1 Å². The first-order valence-electron chi connectivity index (χ1n) is 6.74. The molecule has 2 heterocycles. The van der Waals surface area contributed by atoms with E-state index in [2.05, 4.69) is 5.10 Å². The molecule has 0 saturated heterocycles. The van der Waals surface area contributed by atoms with Gasteiger partial charge in [-0.15, -0.1) is 0 Å². The quantitative estimate of drug-likeness (QED) is 0.624. The van der Waals surface area contributed by atoms with Crippen LogP contribution in [0.2, 0.25) is 0 Å². The zero-order valence-electron chi connectivity index (χ0n) is 10.7. The molecule has 0 amide bonds. The van der Waals surface area contributed by atoms with Crippen molar-refractivity contribution in [3.8, 4) is 0 Å². The van der Waals surface area contributed by atoms with Gasteiger partial charge in [0.05, 0.1) is 23.7 Å². The third-order valence-corrected chi connectivity index (χ3v) is 3.87. The van der Waals surface area contributed by atoms with E-state index < -0.39 is 0 Å². The van der Waals surface area contributed by atoms with E-state index in [-0.39, 0.29) is 23.9 Å². The van der Waals surface area contributed by atoms with Crippen LogP contribution in [0.5, 0.6) is 0 Å². The van der Waals surface area contributed by atoms with Crippen LogP contribution in [0.3, 0.4) is 0 Å². The number of hydrogen-bond donors (Lipinski definition) is 0. The van der Waals surface area contributed by atoms with Gasteiger partial charge >= 0.3 is 0 Å². The molecule has 98 valence electrons. The van der Waals surface area contributed by atoms with Crippen molar-refractivity contribution < 1.29 is 9.59 Å². The second-order valence-electron chi connectivity index (χ2n) is 5.14. The lowest BCUT2D eigenvalue weighted by molar-refractivity contribution is -0.121. The molecule has 0 bridgehead atoms. The number of carbonyl (C=O) groups is 2. The van der Waals surface area contributed by atoms with E-state index in [1.54, 1.807) is 16.9 Å². The summed E-state index contributed by atoms with van der Waals surface area (Å²) in [7, 11) is 0. The number of nitrogens with zero attached hydrogens (tertiary/aromatic N) is 2. The maximum Gasteiger partial charge on any atom is 0.174 e. The van der Waals surface area contributed by atoms with Crippen molar-refractivity contribution in [1.82, 2.24) is 9.61 Å². The molecule has 1 fully saturated rings. The first-order chi connectivity index (χ1) is 9.25. The van der Waals surface area contributed by atoms with Gasteiger partial charge in [-0.25, -0.2) is 4.52 Å². The summed E-state index contributed by atoms with van der Waals surface area (Å²) < 4.78 is 1.66. The Morgan fingerprint density at radius 1 is 1.26 bits per heavy atom. The predicted octanol–water partition coefficient (Wildman–Crippen LogP) is 2.67. The molecule has 4 heteroatoms. The van der Waals surface area contributed by atoms with Gasteiger partial charge in [-0.05, 0) is 25.0 Å². The van der Waals surface area contributed by atoms with Crippen LogP contribution in [-0.4, -0.2) is 21.2 Å². The van der Waals surface area contributed by atoms with E-state index in [4.69, 9.17) is 0 Å². The first-order valence-corrected chi connectivity index (χ1v) is 6.74. The Bertz CT molecular complexity index is 624. The van der Waals surface area contributed by atoms with Gasteiger partial charge in [0.2, 0.25) is 0 Å². The van der Waals surface area contributed by atoms with Crippen LogP contribution in [0.1, 0.15) is 42.5 Å². The molecular formula is C15H16N2O2. The fourth-order valence-corrected chi connectivity index (χ4v) is 2.79. The molecule has 2 aromatic heterocycles. The molecule has 4 nitrogen and oxygen atoms in total. The lowest BCUT2D eigenvalue weighted by atomic mass is 9.96. The molecule has 19 heavy (non-hydrogen) atoms. The van der Waals surface area contributed by atoms with Crippen LogP contribution < -0.4 is 0 Å². The van der Waals surface area contributed by atoms with Gasteiger partial charge in [0.1, 0.15) is 5.78 Å². The highest BCUT2D eigenvalue weighted by atomic mass is 16.1. The Labute approximate surface area is 111 Å². The van der Waals surface area contributed by atoms with Gasteiger partial charge in [-0.2, -0.15) is 5.10 Å². The molecule has 1 aliphatic carbocycles. The third kappa shape index (κ3) is 2.30. The monoisotopic (exact) mass is 256 g/mol. The number of hydrogen-bond acceptors (Lipinski definition) is 3. The van der Waals surface area contributed by atoms with Gasteiger partial charge in [0, 0.05) is 12.1 Å². The average Bonchev–Trinajstić information content (AvgIpc) is 3.08. The number of Topliss-reactive ketones (excluding diaryl/α,β-unsaturated/α-hetero) is 2. The summed E-state index contributed by atoms with van der Waals surface area (Å²) in [6, 6.07) is 5.57. The second kappa shape index (κ2) is 4.96. The lowest BCUT2D eigenvalue weighted by Crippen LogP contribution is -2.15. The SMILES string of the molecule is O=C(CC(=O)C1CCCC1)c1cnn2ccccc12. The van der Waals surface area contributed by atoms with Crippen molar-refractivity contribution in [2.75, 3.05) is 0 Å². The minimum atomic E-state index is -0.113. The smallest absolute Gasteiger partial charge is 0.174 e. The molecule has 0 radical (unpaired) electrons. The molecule has 0 atom stereocenters. The van der Waals surface area contributed by atoms with E-state index in [9.17, 15) is 9.59 Å². The minimum absolute atomic E-state index is 0.0148. The molecule has 1 aliphatic rings. The number of fused-ring (bicyclic) bond motifs is 1. The fourth-order valence-electron chi connectivity index (χ4n) is 2.79. The number of aromatic nitrogens is 2. The Kier molecular flexibility index (Phi) is 3.15. The molecule has 0 aliphatic heterocycles. The Balaban J connectivity index is 1.78. The minimum Gasteiger partial charge on any atom is -0.299 e. The normalized spacial score (nSPS) is 16.0. The summed E-state index contributed by atoms with van der Waals surface area (Å²) in [5.74, 6) is 0.0849. The van der Waals surface area contributed by atoms with Crippen molar-refractivity contribution in [1.29, 1.82) is 0 Å². The highest BCUT2D eigenvalue weighted by Crippen LogP contribution is 2.27. The Morgan fingerprint density at radius 2 is 2.05 bits per heavy atom. The van der Waals surface area contributed by atoms with E-state index in [0.29, 0.717) is 5.56 Å². The topological polar surface area (TPSA) is 51.4 Å². The zero-order valence-corrected chi connectivity index (χ0v) is 10.7. The first kappa shape index (κ1) is 12.1. The molecule has 3 rings (SSSR count). The van der Waals surface area contributed by atoms with E-state index in [1.165, 1.54) is 0 Å². The molecule has 0 spiro atoms. The van der Waals surface area contributed by atoms with E-state index >= 15 is 0 Å². The molecule has 0 unspecified atom stereocenters. The Morgan fingerprint density at radius 3 is 2.84 bits per heavy atom. The number of ketones is 2. The maximum absolute atomic E-state index is 12.2. The average molecular weight is 256 g/mol. The number of rotatable bonds is 4. The van der Waals surface area contributed by atoms with Crippen molar-refractivity contribution in [2.24, 2.45) is 5.92 Å². The highest BCUT2D eigenvalue weighted by molar-refractivity contribution is 6.11. The van der Waals surface area contributed by atoms with Gasteiger partial charge in [-0.3, -0.25) is 9.59 Å². The molecular weight excluding hydrogens is 240 g/mol. The highest BCUT2D eigenvalue weighted by Gasteiger charge is 2.25. The molecule has 0 aromatic carbocycles. The van der Waals surface area contributed by atoms with Gasteiger partial charge < -0.3 is 0 Å². The summed E-state index contributed by atoms with van der Waals surface area (Å²) in [5.41, 5.74) is 1.32. The largest absolute Gasteiger partial charge is 0.299 e. The Hall–Kier alpha value is -1.97. The van der Waals surface area contributed by atoms with Gasteiger partial charge in [0.25, 0.3) is 0 Å². The van der Waals surface area contributed by atoms with E-state index in [1.807, 2.05) is 18.2 Å². The molecule has 1 saturated carbocycles. The predicted molar refractivity (Wildman–Crippen MR) is 71.1 cm³/mol. The standard InChI is InChI=1S/C15H16N2O2/c18-14(11-5-1-2-6-11)9-15(19)12-10-16-17-8-4-3-7-13(12)17/h3-4,7-8,10-11H,1-2,5-6,9H2. The number of pyridine rings is 1. The van der Waals surface area contributed by atoms with Crippen LogP contribution in [0.25, 0.3) is 5.52 Å². The fraction of sp³-hybridized carbons (Fsp3) is 0.400. The van der Waals surface area contributed by atoms with Crippen LogP contribution in [-0.2, 0) is 4.79 Å². The van der Waals surface area contributed by atoms with Crippen LogP contribution in [0, 0.1) is 5.92 Å². The maximum atomic E-state index is 12.2. The van der Waals surface area contributed by atoms with E-state index in [0.717, 1.165) is 31.2 Å². The zero-order chi connectivity index (χ0) is 13.2. The second-order valence-corrected chi connectivity index (χ2v) is 5.14. The van der Waals surface area contributed by atoms with Crippen LogP contribution in [0.4, 0.5) is 0 Å². The summed E-state index contributed by atoms with van der Waals surface area (Å²) in [6.45, 7) is 0. The van der Waals surface area contributed by atoms with Gasteiger partial charge in [0.15, 0.2) is 5.78 Å². The summed E-state index contributed by atoms with van der Waals surface area (Å²) in [4.78, 5) is 24.3. The summed E-state index contributed by atoms with van der Waals surface area (Å²) >= 11 is 0. The van der Waals surface area contributed by atoms with Gasteiger partial charge in [-0.1, -0.05) is 18.9 Å². The van der Waals surface area contributed by atoms with Crippen molar-refractivity contribution in [3.63, 3.8) is 0 Å². The van der Waals surface area contributed by atoms with Crippen molar-refractivity contribution >= 4 is 17.1 Å². The van der Waals surface area contributed by atoms with Crippen LogP contribution in [0.15, 0.2) is 30.6 Å². The molecule has 0 N–H and O–H groups in total. The number of carbonyl (C=O) groups excluding carboxylic acids is 2. The van der Waals surface area contributed by atoms with Crippen LogP contribution >= 0.6 is 0 Å². The molecule has 2 aromatic rings. The summed E-state index contributed by atoms with van der Waals surface area (Å²) in [5, 5.41) is 4.13. The van der Waals surface area contributed by atoms with Crippen molar-refractivity contribution in [3.05, 3.63) is 36.2 Å². The third-order valence-electron chi connectivity index (χ3n) is 3.87.